The quantitative estimate of drug-likeness (QED) is 0.680. The highest BCUT2D eigenvalue weighted by Gasteiger charge is 2.30. The van der Waals surface area contributed by atoms with Gasteiger partial charge in [-0.15, -0.1) is 0 Å². The first-order valence-corrected chi connectivity index (χ1v) is 9.21. The fourth-order valence-electron chi connectivity index (χ4n) is 3.44. The van der Waals surface area contributed by atoms with Gasteiger partial charge in [-0.1, -0.05) is 18.2 Å². The number of nitrogens with zero attached hydrogens (tertiary/aromatic N) is 2. The van der Waals surface area contributed by atoms with Crippen LogP contribution in [0, 0.1) is 0 Å². The van der Waals surface area contributed by atoms with E-state index in [9.17, 15) is 4.79 Å². The lowest BCUT2D eigenvalue weighted by atomic mass is 10.1. The van der Waals surface area contributed by atoms with Gasteiger partial charge in [-0.2, -0.15) is 0 Å². The molecular formula is C22H22N2O4. The van der Waals surface area contributed by atoms with E-state index in [0.29, 0.717) is 36.0 Å². The van der Waals surface area contributed by atoms with Crippen LogP contribution in [0.5, 0.6) is 17.4 Å². The van der Waals surface area contributed by atoms with Crippen molar-refractivity contribution in [3.8, 4) is 17.4 Å². The van der Waals surface area contributed by atoms with Gasteiger partial charge < -0.3 is 19.1 Å². The zero-order chi connectivity index (χ0) is 19.5. The van der Waals surface area contributed by atoms with Gasteiger partial charge in [-0.3, -0.25) is 4.79 Å². The minimum atomic E-state index is -0.0816. The molecule has 28 heavy (non-hydrogen) atoms. The largest absolute Gasteiger partial charge is 0.497 e. The average Bonchev–Trinajstić information content (AvgIpc) is 3.21. The van der Waals surface area contributed by atoms with Gasteiger partial charge in [0, 0.05) is 30.5 Å². The molecule has 6 heteroatoms. The Morgan fingerprint density at radius 2 is 1.93 bits per heavy atom. The van der Waals surface area contributed by atoms with Gasteiger partial charge in [-0.25, -0.2) is 4.98 Å². The summed E-state index contributed by atoms with van der Waals surface area (Å²) in [5.74, 6) is 1.67. The normalized spacial score (nSPS) is 16.2. The predicted molar refractivity (Wildman–Crippen MR) is 106 cm³/mol. The third kappa shape index (κ3) is 3.58. The van der Waals surface area contributed by atoms with Crippen LogP contribution in [0.25, 0.3) is 10.9 Å². The summed E-state index contributed by atoms with van der Waals surface area (Å²) in [7, 11) is 3.13. The molecule has 1 aromatic heterocycles. The third-order valence-corrected chi connectivity index (χ3v) is 4.93. The molecule has 6 nitrogen and oxygen atoms in total. The topological polar surface area (TPSA) is 60.9 Å². The van der Waals surface area contributed by atoms with E-state index in [0.717, 1.165) is 17.3 Å². The number of carbonyl (C=O) groups excluding carboxylic acids is 1. The van der Waals surface area contributed by atoms with Crippen LogP contribution in [0.4, 0.5) is 0 Å². The molecule has 0 N–H and O–H groups in total. The molecule has 1 amide bonds. The van der Waals surface area contributed by atoms with Crippen molar-refractivity contribution >= 4 is 16.8 Å². The molecule has 1 fully saturated rings. The fraction of sp³-hybridized carbons (Fsp3) is 0.273. The lowest BCUT2D eigenvalue weighted by Crippen LogP contribution is -2.31. The SMILES string of the molecule is COc1ccc(C(=O)N2CC[C@H](Oc3ccc4ccccc4n3)C2)c(OC)c1. The Balaban J connectivity index is 1.45. The van der Waals surface area contributed by atoms with E-state index < -0.39 is 0 Å². The molecule has 0 aliphatic carbocycles. The van der Waals surface area contributed by atoms with Crippen LogP contribution in [0.1, 0.15) is 16.8 Å². The van der Waals surface area contributed by atoms with E-state index >= 15 is 0 Å². The number of aromatic nitrogens is 1. The van der Waals surface area contributed by atoms with E-state index in [1.807, 2.05) is 36.4 Å². The molecule has 0 bridgehead atoms. The standard InChI is InChI=1S/C22H22N2O4/c1-26-16-8-9-18(20(13-16)27-2)22(25)24-12-11-17(14-24)28-21-10-7-15-5-3-4-6-19(15)23-21/h3-10,13,17H,11-12,14H2,1-2H3/t17-/m0/s1. The highest BCUT2D eigenvalue weighted by Crippen LogP contribution is 2.27. The summed E-state index contributed by atoms with van der Waals surface area (Å²) in [5.41, 5.74) is 1.42. The third-order valence-electron chi connectivity index (χ3n) is 4.93. The molecule has 3 aromatic rings. The first-order valence-electron chi connectivity index (χ1n) is 9.21. The zero-order valence-electron chi connectivity index (χ0n) is 15.9. The van der Waals surface area contributed by atoms with Crippen LogP contribution < -0.4 is 14.2 Å². The number of para-hydroxylation sites is 1. The van der Waals surface area contributed by atoms with E-state index in [-0.39, 0.29) is 12.0 Å². The number of benzene rings is 2. The summed E-state index contributed by atoms with van der Waals surface area (Å²) >= 11 is 0. The summed E-state index contributed by atoms with van der Waals surface area (Å²) in [6.45, 7) is 1.15. The number of hydrogen-bond donors (Lipinski definition) is 0. The maximum Gasteiger partial charge on any atom is 0.257 e. The lowest BCUT2D eigenvalue weighted by Gasteiger charge is -2.19. The molecule has 2 aromatic carbocycles. The second kappa shape index (κ2) is 7.76. The smallest absolute Gasteiger partial charge is 0.257 e. The van der Waals surface area contributed by atoms with Gasteiger partial charge in [0.1, 0.15) is 17.6 Å². The summed E-state index contributed by atoms with van der Waals surface area (Å²) in [5, 5.41) is 1.07. The Morgan fingerprint density at radius 3 is 2.75 bits per heavy atom. The lowest BCUT2D eigenvalue weighted by molar-refractivity contribution is 0.0768. The number of methoxy groups -OCH3 is 2. The minimum Gasteiger partial charge on any atom is -0.497 e. The molecule has 0 unspecified atom stereocenters. The Kier molecular flexibility index (Phi) is 5.02. The number of amides is 1. The second-order valence-electron chi connectivity index (χ2n) is 6.69. The number of pyridine rings is 1. The summed E-state index contributed by atoms with van der Waals surface area (Å²) in [4.78, 5) is 19.3. The molecule has 1 aliphatic heterocycles. The van der Waals surface area contributed by atoms with Gasteiger partial charge in [-0.05, 0) is 24.3 Å². The molecule has 4 rings (SSSR count). The van der Waals surface area contributed by atoms with Crippen LogP contribution in [0.15, 0.2) is 54.6 Å². The van der Waals surface area contributed by atoms with Gasteiger partial charge in [0.25, 0.3) is 5.91 Å². The van der Waals surface area contributed by atoms with Crippen LogP contribution in [-0.4, -0.2) is 49.2 Å². The zero-order valence-corrected chi connectivity index (χ0v) is 15.9. The van der Waals surface area contributed by atoms with Crippen molar-refractivity contribution in [1.29, 1.82) is 0 Å². The molecule has 0 radical (unpaired) electrons. The van der Waals surface area contributed by atoms with Gasteiger partial charge in [0.2, 0.25) is 5.88 Å². The summed E-state index contributed by atoms with van der Waals surface area (Å²) in [6, 6.07) is 17.0. The second-order valence-corrected chi connectivity index (χ2v) is 6.69. The maximum atomic E-state index is 12.9. The molecule has 144 valence electrons. The number of likely N-dealkylation sites (tertiary alicyclic amines) is 1. The Hall–Kier alpha value is -3.28. The first-order chi connectivity index (χ1) is 13.7. The van der Waals surface area contributed by atoms with Crippen LogP contribution >= 0.6 is 0 Å². The van der Waals surface area contributed by atoms with Crippen molar-refractivity contribution in [3.63, 3.8) is 0 Å². The van der Waals surface area contributed by atoms with Crippen LogP contribution in [0.2, 0.25) is 0 Å². The Bertz CT molecular complexity index is 1000. The molecule has 1 aliphatic rings. The predicted octanol–water partition coefficient (Wildman–Crippen LogP) is 3.55. The monoisotopic (exact) mass is 378 g/mol. The highest BCUT2D eigenvalue weighted by atomic mass is 16.5. The van der Waals surface area contributed by atoms with E-state index in [1.165, 1.54) is 0 Å². The van der Waals surface area contributed by atoms with Crippen molar-refractivity contribution in [2.24, 2.45) is 0 Å². The number of hydrogen-bond acceptors (Lipinski definition) is 5. The Labute approximate surface area is 163 Å². The Morgan fingerprint density at radius 1 is 1.07 bits per heavy atom. The van der Waals surface area contributed by atoms with E-state index in [2.05, 4.69) is 4.98 Å². The van der Waals surface area contributed by atoms with E-state index in [4.69, 9.17) is 14.2 Å². The molecule has 1 atom stereocenters. The van der Waals surface area contributed by atoms with Gasteiger partial charge >= 0.3 is 0 Å². The number of rotatable bonds is 5. The van der Waals surface area contributed by atoms with E-state index in [1.54, 1.807) is 37.3 Å². The number of fused-ring (bicyclic) bond motifs is 1. The molecule has 0 spiro atoms. The van der Waals surface area contributed by atoms with Crippen LogP contribution in [-0.2, 0) is 0 Å². The molecule has 2 heterocycles. The average molecular weight is 378 g/mol. The summed E-state index contributed by atoms with van der Waals surface area (Å²) in [6.07, 6.45) is 0.681. The molecule has 1 saturated heterocycles. The van der Waals surface area contributed by atoms with Crippen molar-refractivity contribution in [2.45, 2.75) is 12.5 Å². The van der Waals surface area contributed by atoms with Crippen molar-refractivity contribution in [2.75, 3.05) is 27.3 Å². The molecular weight excluding hydrogens is 356 g/mol. The number of carbonyl (C=O) groups is 1. The van der Waals surface area contributed by atoms with Crippen molar-refractivity contribution in [3.05, 3.63) is 60.2 Å². The fourth-order valence-corrected chi connectivity index (χ4v) is 3.44. The number of ether oxygens (including phenoxy) is 3. The van der Waals surface area contributed by atoms with Gasteiger partial charge in [0.15, 0.2) is 0 Å². The minimum absolute atomic E-state index is 0.0722. The first kappa shape index (κ1) is 18.1. The molecule has 0 saturated carbocycles. The van der Waals surface area contributed by atoms with Crippen molar-refractivity contribution in [1.82, 2.24) is 9.88 Å². The summed E-state index contributed by atoms with van der Waals surface area (Å²) < 4.78 is 16.6. The maximum absolute atomic E-state index is 12.9. The van der Waals surface area contributed by atoms with Gasteiger partial charge in [0.05, 0.1) is 31.8 Å². The highest BCUT2D eigenvalue weighted by molar-refractivity contribution is 5.97. The van der Waals surface area contributed by atoms with Crippen molar-refractivity contribution < 1.29 is 19.0 Å². The van der Waals surface area contributed by atoms with Crippen LogP contribution in [0.3, 0.4) is 0 Å².